The van der Waals surface area contributed by atoms with Crippen LogP contribution in [0.25, 0.3) is 0 Å². The van der Waals surface area contributed by atoms with Gasteiger partial charge in [-0.2, -0.15) is 0 Å². The third-order valence-corrected chi connectivity index (χ3v) is 10.2. The minimum absolute atomic E-state index is 0.0155. The van der Waals surface area contributed by atoms with E-state index in [1.165, 1.54) is 38.2 Å². The maximum absolute atomic E-state index is 12.7. The van der Waals surface area contributed by atoms with Crippen LogP contribution >= 0.6 is 15.6 Å². The zero-order valence-electron chi connectivity index (χ0n) is 35.6. The van der Waals surface area contributed by atoms with Gasteiger partial charge in [0.1, 0.15) is 12.7 Å². The third-order valence-electron chi connectivity index (χ3n) is 8.76. The molecule has 5 N–H and O–H groups in total. The molecule has 0 radical (unpaired) electrons. The maximum Gasteiger partial charge on any atom is 0.472 e. The molecule has 0 bridgehead atoms. The fourth-order valence-corrected chi connectivity index (χ4v) is 6.29. The SMILES string of the molecule is CC/C=C\C/C=C\C/C=C\C/C=C\C/C=C\C=C/C(O)CCC(=O)O[C@H](COC(=O)CCCCCCCCCCC(C)CC)COP(=O)(O)OC[C@@H](O)COP(=O)(O)O. The van der Waals surface area contributed by atoms with Crippen LogP contribution in [0.3, 0.4) is 0 Å². The number of ether oxygens (including phenoxy) is 2. The number of hydrogen-bond donors (Lipinski definition) is 5. The van der Waals surface area contributed by atoms with E-state index in [0.29, 0.717) is 12.8 Å². The molecular formula is C43H74O14P2. The van der Waals surface area contributed by atoms with Crippen LogP contribution in [0.4, 0.5) is 0 Å². The molecule has 0 aliphatic carbocycles. The fraction of sp³-hybridized carbons (Fsp3) is 0.674. The lowest BCUT2D eigenvalue weighted by Crippen LogP contribution is -2.30. The minimum atomic E-state index is -4.89. The van der Waals surface area contributed by atoms with Gasteiger partial charge in [0.25, 0.3) is 0 Å². The topological polar surface area (TPSA) is 216 Å². The summed E-state index contributed by atoms with van der Waals surface area (Å²) in [6.45, 7) is 3.64. The first kappa shape index (κ1) is 56.5. The average molecular weight is 877 g/mol. The highest BCUT2D eigenvalue weighted by atomic mass is 31.2. The number of unbranched alkanes of at least 4 members (excludes halogenated alkanes) is 7. The molecule has 5 atom stereocenters. The summed E-state index contributed by atoms with van der Waals surface area (Å²) in [7, 11) is -9.76. The molecule has 0 saturated heterocycles. The molecule has 0 fully saturated rings. The summed E-state index contributed by atoms with van der Waals surface area (Å²) >= 11 is 0. The first-order valence-corrected chi connectivity index (χ1v) is 24.2. The number of phosphoric ester groups is 2. The average Bonchev–Trinajstić information content (AvgIpc) is 3.19. The molecule has 0 saturated carbocycles. The maximum atomic E-state index is 12.7. The van der Waals surface area contributed by atoms with Gasteiger partial charge >= 0.3 is 27.6 Å². The zero-order chi connectivity index (χ0) is 44.0. The molecule has 16 heteroatoms. The van der Waals surface area contributed by atoms with Gasteiger partial charge in [-0.15, -0.1) is 0 Å². The molecule has 0 aliphatic heterocycles. The lowest BCUT2D eigenvalue weighted by atomic mass is 9.99. The van der Waals surface area contributed by atoms with Crippen molar-refractivity contribution in [3.63, 3.8) is 0 Å². The van der Waals surface area contributed by atoms with Gasteiger partial charge in [-0.1, -0.05) is 151 Å². The lowest BCUT2D eigenvalue weighted by molar-refractivity contribution is -0.161. The smallest absolute Gasteiger partial charge is 0.462 e. The minimum Gasteiger partial charge on any atom is -0.462 e. The van der Waals surface area contributed by atoms with E-state index in [2.05, 4.69) is 72.4 Å². The van der Waals surface area contributed by atoms with E-state index < -0.39 is 72.3 Å². The van der Waals surface area contributed by atoms with Crippen molar-refractivity contribution in [1.82, 2.24) is 0 Å². The van der Waals surface area contributed by atoms with Gasteiger partial charge in [0, 0.05) is 12.8 Å². The number of carbonyl (C=O) groups excluding carboxylic acids is 2. The molecule has 3 unspecified atom stereocenters. The number of phosphoric acid groups is 2. The molecule has 0 aromatic carbocycles. The van der Waals surface area contributed by atoms with Crippen molar-refractivity contribution >= 4 is 27.6 Å². The Morgan fingerprint density at radius 3 is 1.69 bits per heavy atom. The largest absolute Gasteiger partial charge is 0.472 e. The second kappa shape index (κ2) is 37.3. The zero-order valence-corrected chi connectivity index (χ0v) is 37.4. The molecule has 0 aliphatic rings. The Morgan fingerprint density at radius 2 is 1.12 bits per heavy atom. The molecule has 0 aromatic heterocycles. The van der Waals surface area contributed by atoms with Crippen LogP contribution in [0.2, 0.25) is 0 Å². The van der Waals surface area contributed by atoms with E-state index in [0.717, 1.165) is 57.3 Å². The monoisotopic (exact) mass is 876 g/mol. The van der Waals surface area contributed by atoms with Crippen LogP contribution in [0.1, 0.15) is 136 Å². The highest BCUT2D eigenvalue weighted by Crippen LogP contribution is 2.43. The summed E-state index contributed by atoms with van der Waals surface area (Å²) in [6.07, 6.45) is 35.3. The van der Waals surface area contributed by atoms with E-state index in [1.807, 2.05) is 12.2 Å². The van der Waals surface area contributed by atoms with Gasteiger partial charge in [-0.3, -0.25) is 23.2 Å². The molecule has 0 spiro atoms. The van der Waals surface area contributed by atoms with E-state index in [4.69, 9.17) is 23.8 Å². The predicted molar refractivity (Wildman–Crippen MR) is 231 cm³/mol. The Kier molecular flexibility index (Phi) is 35.7. The predicted octanol–water partition coefficient (Wildman–Crippen LogP) is 9.44. The van der Waals surface area contributed by atoms with Gasteiger partial charge in [0.05, 0.1) is 25.9 Å². The summed E-state index contributed by atoms with van der Waals surface area (Å²) in [4.78, 5) is 52.6. The standard InChI is InChI=1S/C43H74O14P2/c1-4-6-7-8-9-10-11-12-13-14-15-16-17-21-24-27-30-39(44)32-33-43(47)57-41(37-56-59(51,52)55-35-40(45)34-54-58(48,49)50)36-53-42(46)31-28-25-22-19-18-20-23-26-29-38(3)5-2/h6-7,9-10,12-13,15-16,21,24,27,30,38-41,44-45H,4-5,8,11,14,17-20,22-23,25-26,28-29,31-37H2,1-3H3,(H,51,52)(H2,48,49,50)/b7-6-,10-9-,13-12-,16-15-,24-21-,30-27-/t38?,39?,40-,41+/m0/s1. The molecule has 14 nitrogen and oxygen atoms in total. The Labute approximate surface area is 353 Å². The van der Waals surface area contributed by atoms with Crippen molar-refractivity contribution in [1.29, 1.82) is 0 Å². The molecule has 0 amide bonds. The Hall–Kier alpha value is -2.48. The molecule has 0 rings (SSSR count). The van der Waals surface area contributed by atoms with Crippen molar-refractivity contribution in [2.24, 2.45) is 5.92 Å². The summed E-state index contributed by atoms with van der Waals surface area (Å²) in [5.74, 6) is -0.542. The van der Waals surface area contributed by atoms with Crippen molar-refractivity contribution in [2.45, 2.75) is 155 Å². The second-order valence-corrected chi connectivity index (χ2v) is 17.0. The first-order chi connectivity index (χ1) is 28.2. The Bertz CT molecular complexity index is 1350. The highest BCUT2D eigenvalue weighted by molar-refractivity contribution is 7.47. The number of esters is 2. The van der Waals surface area contributed by atoms with Crippen LogP contribution < -0.4 is 0 Å². The number of carbonyl (C=O) groups is 2. The first-order valence-electron chi connectivity index (χ1n) is 21.1. The number of hydrogen-bond acceptors (Lipinski definition) is 11. The van der Waals surface area contributed by atoms with Gasteiger partial charge in [0.2, 0.25) is 0 Å². The Balaban J connectivity index is 4.80. The van der Waals surface area contributed by atoms with Crippen molar-refractivity contribution in [2.75, 3.05) is 26.4 Å². The number of aliphatic hydroxyl groups is 2. The summed E-state index contributed by atoms with van der Waals surface area (Å²) in [5.41, 5.74) is 0. The van der Waals surface area contributed by atoms with Crippen LogP contribution in [0, 0.1) is 5.92 Å². The summed E-state index contributed by atoms with van der Waals surface area (Å²) < 4.78 is 47.5. The summed E-state index contributed by atoms with van der Waals surface area (Å²) in [6, 6.07) is 0. The number of rotatable bonds is 38. The molecule has 59 heavy (non-hydrogen) atoms. The summed E-state index contributed by atoms with van der Waals surface area (Å²) in [5, 5.41) is 20.1. The third kappa shape index (κ3) is 40.7. The van der Waals surface area contributed by atoms with Crippen LogP contribution in [-0.4, -0.2) is 81.6 Å². The fourth-order valence-electron chi connectivity index (χ4n) is 5.14. The normalized spacial score (nSPS) is 15.9. The lowest BCUT2D eigenvalue weighted by Gasteiger charge is -2.20. The molecule has 340 valence electrons. The van der Waals surface area contributed by atoms with E-state index in [-0.39, 0.29) is 19.3 Å². The van der Waals surface area contributed by atoms with Gasteiger partial charge < -0.3 is 34.4 Å². The van der Waals surface area contributed by atoms with Crippen LogP contribution in [-0.2, 0) is 41.8 Å². The molecule has 0 heterocycles. The van der Waals surface area contributed by atoms with E-state index in [9.17, 15) is 33.8 Å². The van der Waals surface area contributed by atoms with E-state index in [1.54, 1.807) is 12.2 Å². The van der Waals surface area contributed by atoms with Gasteiger partial charge in [0.15, 0.2) is 6.10 Å². The van der Waals surface area contributed by atoms with Gasteiger partial charge in [-0.05, 0) is 50.9 Å². The quantitative estimate of drug-likeness (QED) is 0.0128. The molecule has 0 aromatic rings. The molecular weight excluding hydrogens is 802 g/mol. The second-order valence-electron chi connectivity index (χ2n) is 14.3. The highest BCUT2D eigenvalue weighted by Gasteiger charge is 2.28. The van der Waals surface area contributed by atoms with Gasteiger partial charge in [-0.25, -0.2) is 9.13 Å². The van der Waals surface area contributed by atoms with E-state index >= 15 is 0 Å². The van der Waals surface area contributed by atoms with Crippen molar-refractivity contribution in [3.05, 3.63) is 72.9 Å². The van der Waals surface area contributed by atoms with Crippen LogP contribution in [0.15, 0.2) is 72.9 Å². The Morgan fingerprint density at radius 1 is 0.593 bits per heavy atom. The number of aliphatic hydroxyl groups excluding tert-OH is 2. The van der Waals surface area contributed by atoms with Crippen molar-refractivity contribution < 1.29 is 66.7 Å². The van der Waals surface area contributed by atoms with Crippen LogP contribution in [0.5, 0.6) is 0 Å². The number of allylic oxidation sites excluding steroid dienone is 11. The van der Waals surface area contributed by atoms with Crippen molar-refractivity contribution in [3.8, 4) is 0 Å².